The Hall–Kier alpha value is -3.35. The van der Waals surface area contributed by atoms with Crippen LogP contribution in [0.4, 0.5) is 0 Å². The third kappa shape index (κ3) is 4.07. The zero-order valence-corrected chi connectivity index (χ0v) is 18.1. The number of carbonyl (C=O) groups is 1. The lowest BCUT2D eigenvalue weighted by Crippen LogP contribution is -2.16. The molecule has 2 N–H and O–H groups in total. The molecule has 162 valence electrons. The van der Waals surface area contributed by atoms with E-state index in [1.807, 2.05) is 12.1 Å². The van der Waals surface area contributed by atoms with Gasteiger partial charge in [-0.1, -0.05) is 0 Å². The molecular weight excluding hydrogens is 424 g/mol. The van der Waals surface area contributed by atoms with Crippen molar-refractivity contribution in [2.45, 2.75) is 18.9 Å². The highest BCUT2D eigenvalue weighted by Crippen LogP contribution is 2.41. The maximum absolute atomic E-state index is 13.6. The molecule has 1 fully saturated rings. The second-order valence-electron chi connectivity index (χ2n) is 7.83. The number of thiophene rings is 1. The van der Waals surface area contributed by atoms with Crippen molar-refractivity contribution in [2.75, 3.05) is 13.2 Å². The number of ether oxygens (including phenoxy) is 2. The van der Waals surface area contributed by atoms with Gasteiger partial charge in [0.15, 0.2) is 5.78 Å². The zero-order chi connectivity index (χ0) is 22.1. The number of fused-ring (bicyclic) bond motifs is 1. The molecule has 1 aromatic heterocycles. The van der Waals surface area contributed by atoms with E-state index in [2.05, 4.69) is 0 Å². The largest absolute Gasteiger partial charge is 0.508 e. The van der Waals surface area contributed by atoms with E-state index in [0.717, 1.165) is 40.0 Å². The van der Waals surface area contributed by atoms with E-state index in [4.69, 9.17) is 9.47 Å². The summed E-state index contributed by atoms with van der Waals surface area (Å²) in [5.74, 6) is 0.924. The van der Waals surface area contributed by atoms with Gasteiger partial charge in [0.25, 0.3) is 0 Å². The second-order valence-corrected chi connectivity index (χ2v) is 8.89. The van der Waals surface area contributed by atoms with Crippen molar-refractivity contribution in [3.63, 3.8) is 0 Å². The van der Waals surface area contributed by atoms with E-state index in [1.54, 1.807) is 54.6 Å². The molecule has 5 nitrogen and oxygen atoms in total. The molecule has 3 aromatic carbocycles. The van der Waals surface area contributed by atoms with Crippen molar-refractivity contribution in [3.8, 4) is 27.7 Å². The molecule has 0 radical (unpaired) electrons. The average Bonchev–Trinajstić information content (AvgIpc) is 3.45. The van der Waals surface area contributed by atoms with Gasteiger partial charge in [-0.2, -0.15) is 0 Å². The highest BCUT2D eigenvalue weighted by molar-refractivity contribution is 7.22. The minimum Gasteiger partial charge on any atom is -0.508 e. The summed E-state index contributed by atoms with van der Waals surface area (Å²) in [6.07, 6.45) is 2.21. The normalized spacial score (nSPS) is 15.8. The van der Waals surface area contributed by atoms with E-state index in [1.165, 1.54) is 11.3 Å². The lowest BCUT2D eigenvalue weighted by atomic mass is 9.97. The van der Waals surface area contributed by atoms with Crippen LogP contribution in [0.15, 0.2) is 66.7 Å². The first-order valence-electron chi connectivity index (χ1n) is 10.5. The summed E-state index contributed by atoms with van der Waals surface area (Å²) in [7, 11) is 0. The number of benzene rings is 3. The summed E-state index contributed by atoms with van der Waals surface area (Å²) < 4.78 is 12.2. The molecule has 32 heavy (non-hydrogen) atoms. The van der Waals surface area contributed by atoms with Crippen molar-refractivity contribution < 1.29 is 24.5 Å². The topological polar surface area (TPSA) is 76.0 Å². The fourth-order valence-electron chi connectivity index (χ4n) is 3.94. The van der Waals surface area contributed by atoms with Crippen molar-refractivity contribution in [1.82, 2.24) is 0 Å². The standard InChI is InChI=1S/C26H22O5S/c27-18-7-3-17(4-8-18)26-24(22-12-9-19(28)14-23(22)32-26)25(29)16-5-10-20(11-6-16)31-15-21-2-1-13-30-21/h3-12,14,21,27-28H,1-2,13,15H2. The number of ketones is 1. The zero-order valence-electron chi connectivity index (χ0n) is 17.3. The summed E-state index contributed by atoms with van der Waals surface area (Å²) in [4.78, 5) is 14.4. The predicted molar refractivity (Wildman–Crippen MR) is 125 cm³/mol. The van der Waals surface area contributed by atoms with E-state index in [-0.39, 0.29) is 23.4 Å². The molecule has 2 heterocycles. The number of aromatic hydroxyl groups is 2. The minimum atomic E-state index is -0.101. The molecule has 1 aliphatic rings. The van der Waals surface area contributed by atoms with Crippen LogP contribution in [-0.2, 0) is 4.74 Å². The van der Waals surface area contributed by atoms with Gasteiger partial charge in [-0.3, -0.25) is 4.79 Å². The van der Waals surface area contributed by atoms with Gasteiger partial charge in [-0.15, -0.1) is 11.3 Å². The minimum absolute atomic E-state index is 0.101. The maximum Gasteiger partial charge on any atom is 0.195 e. The van der Waals surface area contributed by atoms with E-state index < -0.39 is 0 Å². The van der Waals surface area contributed by atoms with Gasteiger partial charge in [0.2, 0.25) is 0 Å². The van der Waals surface area contributed by atoms with Crippen LogP contribution in [0.1, 0.15) is 28.8 Å². The molecule has 4 aromatic rings. The summed E-state index contributed by atoms with van der Waals surface area (Å²) in [5, 5.41) is 20.4. The van der Waals surface area contributed by atoms with E-state index in [0.29, 0.717) is 23.5 Å². The number of hydrogen-bond donors (Lipinski definition) is 2. The summed E-state index contributed by atoms with van der Waals surface area (Å²) in [6.45, 7) is 1.30. The molecular formula is C26H22O5S. The quantitative estimate of drug-likeness (QED) is 0.368. The summed E-state index contributed by atoms with van der Waals surface area (Å²) in [6, 6.07) is 19.0. The Kier molecular flexibility index (Phi) is 5.55. The van der Waals surface area contributed by atoms with E-state index >= 15 is 0 Å². The Morgan fingerprint density at radius 1 is 1.00 bits per heavy atom. The molecule has 1 unspecified atom stereocenters. The van der Waals surface area contributed by atoms with Crippen LogP contribution >= 0.6 is 11.3 Å². The highest BCUT2D eigenvalue weighted by atomic mass is 32.1. The van der Waals surface area contributed by atoms with Crippen LogP contribution in [0.2, 0.25) is 0 Å². The molecule has 0 spiro atoms. The van der Waals surface area contributed by atoms with Gasteiger partial charge in [0, 0.05) is 32.7 Å². The lowest BCUT2D eigenvalue weighted by Gasteiger charge is -2.12. The number of phenolic OH excluding ortho intramolecular Hbond substituents is 2. The maximum atomic E-state index is 13.6. The summed E-state index contributed by atoms with van der Waals surface area (Å²) >= 11 is 1.44. The Morgan fingerprint density at radius 3 is 2.47 bits per heavy atom. The number of carbonyl (C=O) groups excluding carboxylic acids is 1. The average molecular weight is 447 g/mol. The molecule has 0 saturated carbocycles. The monoisotopic (exact) mass is 446 g/mol. The van der Waals surface area contributed by atoms with Crippen molar-refractivity contribution in [2.24, 2.45) is 0 Å². The SMILES string of the molecule is O=C(c1ccc(OCC2CCCO2)cc1)c1c(-c2ccc(O)cc2)sc2cc(O)ccc12. The Balaban J connectivity index is 1.48. The number of rotatable bonds is 6. The molecule has 5 rings (SSSR count). The first-order chi connectivity index (χ1) is 15.6. The number of phenols is 2. The smallest absolute Gasteiger partial charge is 0.195 e. The van der Waals surface area contributed by atoms with Gasteiger partial charge in [-0.25, -0.2) is 0 Å². The molecule has 0 amide bonds. The lowest BCUT2D eigenvalue weighted by molar-refractivity contribution is 0.0679. The van der Waals surface area contributed by atoms with Gasteiger partial charge < -0.3 is 19.7 Å². The third-order valence-corrected chi connectivity index (χ3v) is 6.81. The first-order valence-corrected chi connectivity index (χ1v) is 11.3. The van der Waals surface area contributed by atoms with Crippen LogP contribution in [0.25, 0.3) is 20.5 Å². The number of hydrogen-bond acceptors (Lipinski definition) is 6. The van der Waals surface area contributed by atoms with Gasteiger partial charge >= 0.3 is 0 Å². The predicted octanol–water partition coefficient (Wildman–Crippen LogP) is 5.77. The summed E-state index contributed by atoms with van der Waals surface area (Å²) in [5.41, 5.74) is 1.98. The van der Waals surface area contributed by atoms with Crippen LogP contribution in [0, 0.1) is 0 Å². The third-order valence-electron chi connectivity index (χ3n) is 5.61. The first kappa shape index (κ1) is 20.5. The Morgan fingerprint density at radius 2 is 1.75 bits per heavy atom. The van der Waals surface area contributed by atoms with Crippen molar-refractivity contribution >= 4 is 27.2 Å². The molecule has 1 aliphatic heterocycles. The molecule has 1 atom stereocenters. The van der Waals surface area contributed by atoms with Gasteiger partial charge in [0.05, 0.1) is 6.10 Å². The van der Waals surface area contributed by atoms with Crippen LogP contribution in [-0.4, -0.2) is 35.3 Å². The molecule has 6 heteroatoms. The second kappa shape index (κ2) is 8.65. The molecule has 1 saturated heterocycles. The molecule has 0 bridgehead atoms. The highest BCUT2D eigenvalue weighted by Gasteiger charge is 2.22. The van der Waals surface area contributed by atoms with Crippen LogP contribution < -0.4 is 4.74 Å². The van der Waals surface area contributed by atoms with Crippen molar-refractivity contribution in [1.29, 1.82) is 0 Å². The van der Waals surface area contributed by atoms with Crippen LogP contribution in [0.3, 0.4) is 0 Å². The van der Waals surface area contributed by atoms with Crippen molar-refractivity contribution in [3.05, 3.63) is 77.9 Å². The van der Waals surface area contributed by atoms with Gasteiger partial charge in [0.1, 0.15) is 23.9 Å². The fraction of sp³-hybridized carbons (Fsp3) is 0.192. The van der Waals surface area contributed by atoms with Crippen LogP contribution in [0.5, 0.6) is 17.2 Å². The van der Waals surface area contributed by atoms with E-state index in [9.17, 15) is 15.0 Å². The Labute approximate surface area is 189 Å². The Bertz CT molecular complexity index is 1250. The van der Waals surface area contributed by atoms with Gasteiger partial charge in [-0.05, 0) is 85.1 Å². The fourth-order valence-corrected chi connectivity index (χ4v) is 5.18. The molecule has 0 aliphatic carbocycles.